The number of ether oxygens (including phenoxy) is 1. The molecule has 1 aromatic heterocycles. The molecule has 1 rings (SSSR count). The fourth-order valence-corrected chi connectivity index (χ4v) is 1.08. The number of aryl methyl sites for hydroxylation is 2. The normalized spacial score (nSPS) is 10.2. The van der Waals surface area contributed by atoms with Crippen molar-refractivity contribution in [2.24, 2.45) is 0 Å². The molecule has 0 bridgehead atoms. The highest BCUT2D eigenvalue weighted by molar-refractivity contribution is 5.32. The zero-order valence-corrected chi connectivity index (χ0v) is 8.29. The second-order valence-electron chi connectivity index (χ2n) is 3.06. The van der Waals surface area contributed by atoms with Gasteiger partial charge in [0.15, 0.2) is 0 Å². The number of pyridine rings is 1. The summed E-state index contributed by atoms with van der Waals surface area (Å²) >= 11 is 0. The third-order valence-electron chi connectivity index (χ3n) is 2.09. The van der Waals surface area contributed by atoms with E-state index in [0.29, 0.717) is 12.5 Å². The maximum Gasteiger partial charge on any atom is 0.213 e. The van der Waals surface area contributed by atoms with Crippen LogP contribution in [-0.2, 0) is 0 Å². The zero-order chi connectivity index (χ0) is 9.84. The van der Waals surface area contributed by atoms with Crippen molar-refractivity contribution in [3.63, 3.8) is 0 Å². The predicted molar refractivity (Wildman–Crippen MR) is 51.0 cm³/mol. The summed E-state index contributed by atoms with van der Waals surface area (Å²) in [6, 6.07) is 1.89. The van der Waals surface area contributed by atoms with E-state index in [4.69, 9.17) is 9.84 Å². The average Bonchev–Trinajstić information content (AvgIpc) is 2.10. The quantitative estimate of drug-likeness (QED) is 0.766. The third kappa shape index (κ3) is 2.42. The molecular weight excluding hydrogens is 166 g/mol. The Hall–Kier alpha value is -1.09. The van der Waals surface area contributed by atoms with Gasteiger partial charge in [0.2, 0.25) is 5.88 Å². The summed E-state index contributed by atoms with van der Waals surface area (Å²) < 4.78 is 5.21. The van der Waals surface area contributed by atoms with Gasteiger partial charge in [-0.2, -0.15) is 0 Å². The van der Waals surface area contributed by atoms with Crippen molar-refractivity contribution < 1.29 is 9.84 Å². The Morgan fingerprint density at radius 1 is 1.38 bits per heavy atom. The minimum absolute atomic E-state index is 0.0215. The van der Waals surface area contributed by atoms with Crippen LogP contribution >= 0.6 is 0 Å². The van der Waals surface area contributed by atoms with Gasteiger partial charge in [-0.05, 0) is 31.9 Å². The average molecular weight is 181 g/mol. The Balaban J connectivity index is 2.86. The van der Waals surface area contributed by atoms with Gasteiger partial charge in [-0.3, -0.25) is 0 Å². The van der Waals surface area contributed by atoms with E-state index in [0.717, 1.165) is 5.69 Å². The van der Waals surface area contributed by atoms with Crippen LogP contribution in [0.3, 0.4) is 0 Å². The Bertz CT molecular complexity index is 274. The molecule has 0 saturated heterocycles. The number of aliphatic hydroxyl groups is 1. The molecule has 0 atom stereocenters. The lowest BCUT2D eigenvalue weighted by Gasteiger charge is -2.08. The molecule has 0 unspecified atom stereocenters. The van der Waals surface area contributed by atoms with E-state index in [2.05, 4.69) is 4.98 Å². The summed E-state index contributed by atoms with van der Waals surface area (Å²) in [5.74, 6) is 0.592. The van der Waals surface area contributed by atoms with Crippen LogP contribution < -0.4 is 4.74 Å². The smallest absolute Gasteiger partial charge is 0.213 e. The number of hydrogen-bond donors (Lipinski definition) is 1. The van der Waals surface area contributed by atoms with Crippen molar-refractivity contribution in [3.05, 3.63) is 22.9 Å². The summed E-state index contributed by atoms with van der Waals surface area (Å²) in [5, 5.41) is 8.57. The highest BCUT2D eigenvalue weighted by atomic mass is 16.5. The van der Waals surface area contributed by atoms with Gasteiger partial charge in [-0.15, -0.1) is 0 Å². The molecule has 72 valence electrons. The molecule has 3 heteroatoms. The first-order valence-corrected chi connectivity index (χ1v) is 4.33. The predicted octanol–water partition coefficient (Wildman–Crippen LogP) is 1.38. The van der Waals surface area contributed by atoms with Crippen LogP contribution in [0.4, 0.5) is 0 Å². The van der Waals surface area contributed by atoms with Crippen LogP contribution in [0.25, 0.3) is 0 Å². The molecule has 0 aliphatic carbocycles. The number of hydrogen-bond acceptors (Lipinski definition) is 3. The second kappa shape index (κ2) is 4.23. The van der Waals surface area contributed by atoms with Crippen molar-refractivity contribution in [3.8, 4) is 5.88 Å². The molecule has 0 amide bonds. The molecular formula is C10H15NO2. The molecule has 1 aromatic rings. The lowest BCUT2D eigenvalue weighted by Crippen LogP contribution is -2.04. The number of nitrogens with zero attached hydrogens (tertiary/aromatic N) is 1. The molecule has 0 aliphatic rings. The third-order valence-corrected chi connectivity index (χ3v) is 2.09. The molecule has 0 radical (unpaired) electrons. The lowest BCUT2D eigenvalue weighted by atomic mass is 10.1. The Labute approximate surface area is 78.4 Å². The molecule has 0 aromatic carbocycles. The fraction of sp³-hybridized carbons (Fsp3) is 0.500. The van der Waals surface area contributed by atoms with E-state index >= 15 is 0 Å². The van der Waals surface area contributed by atoms with Crippen molar-refractivity contribution in [1.29, 1.82) is 0 Å². The molecule has 0 aliphatic heterocycles. The van der Waals surface area contributed by atoms with Gasteiger partial charge in [-0.1, -0.05) is 0 Å². The van der Waals surface area contributed by atoms with E-state index in [-0.39, 0.29) is 6.61 Å². The summed E-state index contributed by atoms with van der Waals surface area (Å²) in [7, 11) is 0. The first-order chi connectivity index (χ1) is 6.15. The summed E-state index contributed by atoms with van der Waals surface area (Å²) in [5.41, 5.74) is 3.34. The van der Waals surface area contributed by atoms with E-state index in [1.165, 1.54) is 11.1 Å². The van der Waals surface area contributed by atoms with E-state index in [1.807, 2.05) is 26.8 Å². The van der Waals surface area contributed by atoms with Gasteiger partial charge in [0.25, 0.3) is 0 Å². The fourth-order valence-electron chi connectivity index (χ4n) is 1.08. The molecule has 0 saturated carbocycles. The number of aromatic nitrogens is 1. The van der Waals surface area contributed by atoms with Crippen LogP contribution in [0.1, 0.15) is 16.8 Å². The summed E-state index contributed by atoms with van der Waals surface area (Å²) in [6.45, 7) is 6.33. The van der Waals surface area contributed by atoms with E-state index in [1.54, 1.807) is 0 Å². The first-order valence-electron chi connectivity index (χ1n) is 4.33. The largest absolute Gasteiger partial charge is 0.475 e. The van der Waals surface area contributed by atoms with Crippen LogP contribution in [0.2, 0.25) is 0 Å². The van der Waals surface area contributed by atoms with Crippen molar-refractivity contribution in [2.45, 2.75) is 20.8 Å². The minimum Gasteiger partial charge on any atom is -0.475 e. The minimum atomic E-state index is 0.0215. The summed E-state index contributed by atoms with van der Waals surface area (Å²) in [6.07, 6.45) is 0. The zero-order valence-electron chi connectivity index (χ0n) is 8.29. The van der Waals surface area contributed by atoms with Crippen LogP contribution in [0, 0.1) is 20.8 Å². The van der Waals surface area contributed by atoms with Crippen LogP contribution in [0.5, 0.6) is 5.88 Å². The van der Waals surface area contributed by atoms with Gasteiger partial charge in [-0.25, -0.2) is 4.98 Å². The maximum absolute atomic E-state index is 8.57. The molecule has 13 heavy (non-hydrogen) atoms. The van der Waals surface area contributed by atoms with Crippen LogP contribution in [-0.4, -0.2) is 23.3 Å². The van der Waals surface area contributed by atoms with Crippen LogP contribution in [0.15, 0.2) is 6.07 Å². The Morgan fingerprint density at radius 2 is 2.08 bits per heavy atom. The van der Waals surface area contributed by atoms with Gasteiger partial charge in [0.05, 0.1) is 6.61 Å². The highest BCUT2D eigenvalue weighted by Crippen LogP contribution is 2.16. The van der Waals surface area contributed by atoms with Gasteiger partial charge in [0.1, 0.15) is 6.61 Å². The lowest BCUT2D eigenvalue weighted by molar-refractivity contribution is 0.196. The molecule has 0 spiro atoms. The van der Waals surface area contributed by atoms with E-state index < -0.39 is 0 Å². The second-order valence-corrected chi connectivity index (χ2v) is 3.06. The van der Waals surface area contributed by atoms with Crippen molar-refractivity contribution in [1.82, 2.24) is 4.98 Å². The number of rotatable bonds is 3. The maximum atomic E-state index is 8.57. The first kappa shape index (κ1) is 9.99. The molecule has 3 nitrogen and oxygen atoms in total. The molecule has 1 heterocycles. The Morgan fingerprint density at radius 3 is 2.62 bits per heavy atom. The number of aliphatic hydroxyl groups excluding tert-OH is 1. The van der Waals surface area contributed by atoms with Gasteiger partial charge < -0.3 is 9.84 Å². The topological polar surface area (TPSA) is 42.4 Å². The van der Waals surface area contributed by atoms with Gasteiger partial charge >= 0.3 is 0 Å². The SMILES string of the molecule is Cc1cc(OCCO)nc(C)c1C. The standard InChI is InChI=1S/C10H15NO2/c1-7-6-10(13-5-4-12)11-9(3)8(7)2/h6,12H,4-5H2,1-3H3. The highest BCUT2D eigenvalue weighted by Gasteiger charge is 2.02. The summed E-state index contributed by atoms with van der Waals surface area (Å²) in [4.78, 5) is 4.24. The molecule has 1 N–H and O–H groups in total. The van der Waals surface area contributed by atoms with Crippen molar-refractivity contribution >= 4 is 0 Å². The molecule has 0 fully saturated rings. The Kier molecular flexibility index (Phi) is 3.25. The van der Waals surface area contributed by atoms with Gasteiger partial charge in [0, 0.05) is 11.8 Å². The van der Waals surface area contributed by atoms with E-state index in [9.17, 15) is 0 Å². The van der Waals surface area contributed by atoms with Crippen molar-refractivity contribution in [2.75, 3.05) is 13.2 Å². The monoisotopic (exact) mass is 181 g/mol.